The van der Waals surface area contributed by atoms with E-state index in [-0.39, 0.29) is 0 Å². The van der Waals surface area contributed by atoms with Gasteiger partial charge in [-0.1, -0.05) is 13.0 Å². The first-order valence-corrected chi connectivity index (χ1v) is 5.69. The van der Waals surface area contributed by atoms with E-state index in [1.165, 1.54) is 0 Å². The summed E-state index contributed by atoms with van der Waals surface area (Å²) >= 11 is 0. The van der Waals surface area contributed by atoms with Gasteiger partial charge in [0.25, 0.3) is 0 Å². The van der Waals surface area contributed by atoms with Gasteiger partial charge in [0.1, 0.15) is 11.7 Å². The molecule has 2 rings (SSSR count). The minimum absolute atomic E-state index is 0.327. The van der Waals surface area contributed by atoms with Crippen LogP contribution >= 0.6 is 0 Å². The maximum Gasteiger partial charge on any atom is 0.314 e. The van der Waals surface area contributed by atoms with Gasteiger partial charge in [0.2, 0.25) is 0 Å². The van der Waals surface area contributed by atoms with Crippen LogP contribution in [0.4, 0.5) is 0 Å². The van der Waals surface area contributed by atoms with E-state index in [1.807, 2.05) is 18.2 Å². The van der Waals surface area contributed by atoms with Crippen LogP contribution in [0.5, 0.6) is 0 Å². The van der Waals surface area contributed by atoms with Gasteiger partial charge in [0, 0.05) is 12.4 Å². The molecule has 0 aromatic carbocycles. The average molecular weight is 243 g/mol. The fourth-order valence-electron chi connectivity index (χ4n) is 1.67. The van der Waals surface area contributed by atoms with Gasteiger partial charge < -0.3 is 5.11 Å². The van der Waals surface area contributed by atoms with E-state index in [0.717, 1.165) is 0 Å². The summed E-state index contributed by atoms with van der Waals surface area (Å²) in [5.74, 6) is -1.25. The van der Waals surface area contributed by atoms with Crippen molar-refractivity contribution in [2.24, 2.45) is 0 Å². The first-order valence-electron chi connectivity index (χ1n) is 5.69. The molecule has 1 atom stereocenters. The van der Waals surface area contributed by atoms with E-state index in [0.29, 0.717) is 23.6 Å². The fourth-order valence-corrected chi connectivity index (χ4v) is 1.67. The Labute approximate surface area is 105 Å². The molecule has 1 N–H and O–H groups in total. The van der Waals surface area contributed by atoms with Crippen molar-refractivity contribution < 1.29 is 9.90 Å². The lowest BCUT2D eigenvalue weighted by Gasteiger charge is -2.09. The highest BCUT2D eigenvalue weighted by Gasteiger charge is 2.20. The Morgan fingerprint density at radius 3 is 2.67 bits per heavy atom. The Bertz CT molecular complexity index is 543. The van der Waals surface area contributed by atoms with Gasteiger partial charge in [-0.25, -0.2) is 9.97 Å². The van der Waals surface area contributed by atoms with Crippen LogP contribution in [-0.4, -0.2) is 26.0 Å². The minimum Gasteiger partial charge on any atom is -0.481 e. The summed E-state index contributed by atoms with van der Waals surface area (Å²) in [5, 5.41) is 9.09. The number of pyridine rings is 1. The first-order chi connectivity index (χ1) is 8.72. The number of carboxylic acid groups (broad SMARTS) is 1. The highest BCUT2D eigenvalue weighted by atomic mass is 16.4. The zero-order chi connectivity index (χ0) is 13.0. The Balaban J connectivity index is 2.39. The third-order valence-corrected chi connectivity index (χ3v) is 2.62. The van der Waals surface area contributed by atoms with Gasteiger partial charge >= 0.3 is 5.97 Å². The van der Waals surface area contributed by atoms with Crippen LogP contribution in [0.2, 0.25) is 0 Å². The molecule has 0 radical (unpaired) electrons. The van der Waals surface area contributed by atoms with E-state index in [4.69, 9.17) is 5.11 Å². The second-order valence-electron chi connectivity index (χ2n) is 3.81. The highest BCUT2D eigenvalue weighted by Crippen LogP contribution is 2.19. The maximum atomic E-state index is 11.1. The molecular weight excluding hydrogens is 230 g/mol. The largest absolute Gasteiger partial charge is 0.481 e. The molecule has 18 heavy (non-hydrogen) atoms. The van der Waals surface area contributed by atoms with Gasteiger partial charge in [-0.15, -0.1) is 0 Å². The van der Waals surface area contributed by atoms with Crippen LogP contribution in [0.25, 0.3) is 11.4 Å². The second-order valence-corrected chi connectivity index (χ2v) is 3.81. The van der Waals surface area contributed by atoms with Crippen LogP contribution in [-0.2, 0) is 4.79 Å². The SMILES string of the molecule is CCC(C(=O)O)c1nccc(-c2ccccn2)n1. The van der Waals surface area contributed by atoms with Crippen molar-refractivity contribution in [1.29, 1.82) is 0 Å². The van der Waals surface area contributed by atoms with Gasteiger partial charge in [0.05, 0.1) is 11.4 Å². The maximum absolute atomic E-state index is 11.1. The Hall–Kier alpha value is -2.30. The molecule has 0 saturated heterocycles. The quantitative estimate of drug-likeness (QED) is 0.890. The molecule has 2 heterocycles. The first kappa shape index (κ1) is 12.2. The molecule has 92 valence electrons. The van der Waals surface area contributed by atoms with Crippen LogP contribution in [0, 0.1) is 0 Å². The molecule has 0 saturated carbocycles. The van der Waals surface area contributed by atoms with E-state index in [1.54, 1.807) is 25.4 Å². The van der Waals surface area contributed by atoms with Crippen molar-refractivity contribution in [2.75, 3.05) is 0 Å². The lowest BCUT2D eigenvalue weighted by Crippen LogP contribution is -2.14. The number of rotatable bonds is 4. The molecule has 1 unspecified atom stereocenters. The Kier molecular flexibility index (Phi) is 3.62. The molecule has 0 amide bonds. The fraction of sp³-hybridized carbons (Fsp3) is 0.231. The summed E-state index contributed by atoms with van der Waals surface area (Å²) in [7, 11) is 0. The number of nitrogens with zero attached hydrogens (tertiary/aromatic N) is 3. The molecule has 0 bridgehead atoms. The van der Waals surface area contributed by atoms with Crippen LogP contribution < -0.4 is 0 Å². The van der Waals surface area contributed by atoms with Crippen molar-refractivity contribution in [2.45, 2.75) is 19.3 Å². The van der Waals surface area contributed by atoms with E-state index in [2.05, 4.69) is 15.0 Å². The Morgan fingerprint density at radius 1 is 1.22 bits per heavy atom. The Morgan fingerprint density at radius 2 is 2.06 bits per heavy atom. The molecule has 0 aliphatic carbocycles. The normalized spacial score (nSPS) is 12.1. The average Bonchev–Trinajstić information content (AvgIpc) is 2.40. The molecular formula is C13H13N3O2. The predicted octanol–water partition coefficient (Wildman–Crippen LogP) is 2.12. The summed E-state index contributed by atoms with van der Waals surface area (Å²) < 4.78 is 0. The zero-order valence-corrected chi connectivity index (χ0v) is 9.95. The number of aromatic nitrogens is 3. The number of aliphatic carboxylic acids is 1. The van der Waals surface area contributed by atoms with Crippen molar-refractivity contribution in [1.82, 2.24) is 15.0 Å². The van der Waals surface area contributed by atoms with Crippen LogP contribution in [0.15, 0.2) is 36.7 Å². The number of hydrogen-bond acceptors (Lipinski definition) is 4. The summed E-state index contributed by atoms with van der Waals surface area (Å²) in [6.07, 6.45) is 3.70. The van der Waals surface area contributed by atoms with Crippen molar-refractivity contribution in [3.05, 3.63) is 42.5 Å². The molecule has 5 nitrogen and oxygen atoms in total. The molecule has 2 aromatic rings. The predicted molar refractivity (Wildman–Crippen MR) is 65.9 cm³/mol. The van der Waals surface area contributed by atoms with Crippen LogP contribution in [0.1, 0.15) is 25.1 Å². The number of carboxylic acids is 1. The van der Waals surface area contributed by atoms with Gasteiger partial charge in [-0.2, -0.15) is 0 Å². The summed E-state index contributed by atoms with van der Waals surface area (Å²) in [5.41, 5.74) is 1.35. The van der Waals surface area contributed by atoms with Crippen molar-refractivity contribution in [3.63, 3.8) is 0 Å². The van der Waals surface area contributed by atoms with E-state index in [9.17, 15) is 4.79 Å². The lowest BCUT2D eigenvalue weighted by molar-refractivity contribution is -0.139. The van der Waals surface area contributed by atoms with Crippen molar-refractivity contribution >= 4 is 5.97 Å². The molecule has 0 aliphatic heterocycles. The van der Waals surface area contributed by atoms with Gasteiger partial charge in [-0.3, -0.25) is 9.78 Å². The number of carbonyl (C=O) groups is 1. The molecule has 5 heteroatoms. The van der Waals surface area contributed by atoms with E-state index >= 15 is 0 Å². The third-order valence-electron chi connectivity index (χ3n) is 2.62. The summed E-state index contributed by atoms with van der Waals surface area (Å²) in [6, 6.07) is 7.23. The summed E-state index contributed by atoms with van der Waals surface area (Å²) in [6.45, 7) is 1.80. The molecule has 0 fully saturated rings. The standard InChI is InChI=1S/C13H13N3O2/c1-2-9(13(17)18)12-15-8-6-11(16-12)10-5-3-4-7-14-10/h3-9H,2H2,1H3,(H,17,18). The minimum atomic E-state index is -0.907. The van der Waals surface area contributed by atoms with Crippen LogP contribution in [0.3, 0.4) is 0 Å². The second kappa shape index (κ2) is 5.35. The van der Waals surface area contributed by atoms with E-state index < -0.39 is 11.9 Å². The van der Waals surface area contributed by atoms with Gasteiger partial charge in [-0.05, 0) is 24.6 Å². The summed E-state index contributed by atoms with van der Waals surface area (Å²) in [4.78, 5) is 23.6. The van der Waals surface area contributed by atoms with Gasteiger partial charge in [0.15, 0.2) is 0 Å². The molecule has 2 aromatic heterocycles. The zero-order valence-electron chi connectivity index (χ0n) is 9.95. The lowest BCUT2D eigenvalue weighted by atomic mass is 10.1. The smallest absolute Gasteiger partial charge is 0.314 e. The molecule has 0 aliphatic rings. The molecule has 0 spiro atoms. The number of hydrogen-bond donors (Lipinski definition) is 1. The monoisotopic (exact) mass is 243 g/mol. The highest BCUT2D eigenvalue weighted by molar-refractivity contribution is 5.75. The third kappa shape index (κ3) is 2.51. The van der Waals surface area contributed by atoms with Crippen molar-refractivity contribution in [3.8, 4) is 11.4 Å². The topological polar surface area (TPSA) is 76.0 Å².